The van der Waals surface area contributed by atoms with E-state index in [4.69, 9.17) is 25.8 Å². The molecule has 1 amide bonds. The zero-order valence-electron chi connectivity index (χ0n) is 24.3. The van der Waals surface area contributed by atoms with Gasteiger partial charge in [0.1, 0.15) is 19.0 Å². The minimum absolute atomic E-state index is 0.0948. The molecule has 2 atom stereocenters. The number of hydrogen-bond donors (Lipinski definition) is 2. The molecule has 2 rings (SSSR count). The van der Waals surface area contributed by atoms with Gasteiger partial charge in [-0.05, 0) is 65.0 Å². The van der Waals surface area contributed by atoms with Crippen molar-refractivity contribution >= 4 is 35.6 Å². The average molecular weight is 582 g/mol. The van der Waals surface area contributed by atoms with Crippen LogP contribution in [0.2, 0.25) is 5.02 Å². The number of nitrogens with one attached hydrogen (secondary N) is 2. The standard InChI is InChI=1S/C29H44ClN3O5S/c1-8-22(33(5)12-13-36-6)10-9-11-23-18-37-28-25(30)15-24(20(3)27(28)38-23)29(35)32-16-21(17-34)26(39-7)14-19(2)31-4/h14-15,17,22-23,31H,8-13,16,18H2,1-7H3,(H,32,35)/b19-14-,26-21+. The van der Waals surface area contributed by atoms with Gasteiger partial charge in [-0.15, -0.1) is 11.8 Å². The lowest BCUT2D eigenvalue weighted by atomic mass is 10.0. The van der Waals surface area contributed by atoms with Crippen LogP contribution in [-0.2, 0) is 9.53 Å². The number of amides is 1. The molecule has 218 valence electrons. The molecule has 2 unspecified atom stereocenters. The minimum Gasteiger partial charge on any atom is -0.484 e. The van der Waals surface area contributed by atoms with Crippen molar-refractivity contribution in [2.45, 2.75) is 58.6 Å². The average Bonchev–Trinajstić information content (AvgIpc) is 2.94. The van der Waals surface area contributed by atoms with E-state index in [-0.39, 0.29) is 18.6 Å². The Morgan fingerprint density at radius 3 is 2.74 bits per heavy atom. The van der Waals surface area contributed by atoms with Crippen molar-refractivity contribution in [2.24, 2.45) is 0 Å². The van der Waals surface area contributed by atoms with Crippen LogP contribution in [0.1, 0.15) is 55.5 Å². The first-order valence-electron chi connectivity index (χ1n) is 13.4. The van der Waals surface area contributed by atoms with Crippen LogP contribution in [-0.4, -0.2) is 83.0 Å². The molecule has 0 spiro atoms. The molecule has 0 aromatic heterocycles. The van der Waals surface area contributed by atoms with Crippen LogP contribution in [0.5, 0.6) is 11.5 Å². The Morgan fingerprint density at radius 1 is 1.38 bits per heavy atom. The van der Waals surface area contributed by atoms with E-state index in [1.165, 1.54) is 11.8 Å². The summed E-state index contributed by atoms with van der Waals surface area (Å²) in [4.78, 5) is 28.1. The molecule has 1 aliphatic heterocycles. The number of nitrogens with zero attached hydrogens (tertiary/aromatic N) is 1. The zero-order valence-corrected chi connectivity index (χ0v) is 25.9. The molecular weight excluding hydrogens is 538 g/mol. The monoisotopic (exact) mass is 581 g/mol. The molecule has 0 aliphatic carbocycles. The maximum absolute atomic E-state index is 13.2. The van der Waals surface area contributed by atoms with Gasteiger partial charge in [0.25, 0.3) is 5.91 Å². The second-order valence-electron chi connectivity index (χ2n) is 9.68. The van der Waals surface area contributed by atoms with Crippen molar-refractivity contribution in [3.63, 3.8) is 0 Å². The number of hydrogen-bond acceptors (Lipinski definition) is 8. The van der Waals surface area contributed by atoms with Crippen LogP contribution in [0.15, 0.2) is 28.3 Å². The molecule has 0 fully saturated rings. The van der Waals surface area contributed by atoms with Crippen LogP contribution in [0, 0.1) is 6.92 Å². The van der Waals surface area contributed by atoms with Gasteiger partial charge in [0, 0.05) is 60.6 Å². The number of halogens is 1. The molecule has 39 heavy (non-hydrogen) atoms. The molecule has 0 radical (unpaired) electrons. The van der Waals surface area contributed by atoms with Gasteiger partial charge < -0.3 is 29.7 Å². The summed E-state index contributed by atoms with van der Waals surface area (Å²) in [6, 6.07) is 2.08. The predicted octanol–water partition coefficient (Wildman–Crippen LogP) is 4.98. The smallest absolute Gasteiger partial charge is 0.252 e. The normalized spacial score (nSPS) is 16.5. The van der Waals surface area contributed by atoms with Crippen molar-refractivity contribution in [1.82, 2.24) is 15.5 Å². The first-order valence-corrected chi connectivity index (χ1v) is 15.0. The van der Waals surface area contributed by atoms with Crippen LogP contribution >= 0.6 is 23.4 Å². The van der Waals surface area contributed by atoms with E-state index in [9.17, 15) is 9.59 Å². The van der Waals surface area contributed by atoms with Gasteiger partial charge >= 0.3 is 0 Å². The number of rotatable bonds is 16. The topological polar surface area (TPSA) is 89.1 Å². The largest absolute Gasteiger partial charge is 0.484 e. The number of fused-ring (bicyclic) bond motifs is 1. The van der Waals surface area contributed by atoms with Crippen molar-refractivity contribution in [1.29, 1.82) is 0 Å². The van der Waals surface area contributed by atoms with Gasteiger partial charge in [-0.25, -0.2) is 0 Å². The van der Waals surface area contributed by atoms with Crippen LogP contribution in [0.25, 0.3) is 0 Å². The molecule has 10 heteroatoms. The molecule has 1 aliphatic rings. The van der Waals surface area contributed by atoms with Crippen molar-refractivity contribution in [3.05, 3.63) is 44.5 Å². The van der Waals surface area contributed by atoms with Gasteiger partial charge in [-0.2, -0.15) is 0 Å². The Kier molecular flexibility index (Phi) is 14.2. The maximum atomic E-state index is 13.2. The Bertz CT molecular complexity index is 1050. The van der Waals surface area contributed by atoms with Gasteiger partial charge in [0.05, 0.1) is 11.6 Å². The third-order valence-electron chi connectivity index (χ3n) is 7.05. The van der Waals surface area contributed by atoms with E-state index >= 15 is 0 Å². The van der Waals surface area contributed by atoms with E-state index in [0.717, 1.165) is 55.7 Å². The summed E-state index contributed by atoms with van der Waals surface area (Å²) >= 11 is 7.95. The quantitative estimate of drug-likeness (QED) is 0.160. The number of thioether (sulfide) groups is 1. The second kappa shape index (κ2) is 16.8. The first kappa shape index (κ1) is 33.0. The van der Waals surface area contributed by atoms with Gasteiger partial charge in [-0.1, -0.05) is 18.5 Å². The number of aldehydes is 1. The number of carbonyl (C=O) groups excluding carboxylic acids is 2. The summed E-state index contributed by atoms with van der Waals surface area (Å²) in [5, 5.41) is 6.23. The van der Waals surface area contributed by atoms with E-state index in [2.05, 4.69) is 29.5 Å². The Morgan fingerprint density at radius 2 is 2.13 bits per heavy atom. The van der Waals surface area contributed by atoms with Crippen molar-refractivity contribution in [3.8, 4) is 11.5 Å². The molecule has 1 aromatic rings. The van der Waals surface area contributed by atoms with Crippen LogP contribution in [0.3, 0.4) is 0 Å². The van der Waals surface area contributed by atoms with Gasteiger partial charge in [0.15, 0.2) is 11.5 Å². The molecule has 2 N–H and O–H groups in total. The number of methoxy groups -OCH3 is 1. The Hall–Kier alpha value is -2.20. The summed E-state index contributed by atoms with van der Waals surface area (Å²) in [5.41, 5.74) is 2.46. The number of allylic oxidation sites excluding steroid dienone is 2. The second-order valence-corrected chi connectivity index (χ2v) is 10.9. The Labute approximate surface area is 242 Å². The highest BCUT2D eigenvalue weighted by molar-refractivity contribution is 8.02. The van der Waals surface area contributed by atoms with Gasteiger partial charge in [0.2, 0.25) is 0 Å². The lowest BCUT2D eigenvalue weighted by Crippen LogP contribution is -2.35. The van der Waals surface area contributed by atoms with E-state index in [1.54, 1.807) is 13.2 Å². The third kappa shape index (κ3) is 9.45. The molecule has 1 heterocycles. The minimum atomic E-state index is -0.332. The fraction of sp³-hybridized carbons (Fsp3) is 0.586. The first-order chi connectivity index (χ1) is 18.7. The van der Waals surface area contributed by atoms with Gasteiger partial charge in [-0.3, -0.25) is 9.59 Å². The Balaban J connectivity index is 2.10. The fourth-order valence-corrected chi connectivity index (χ4v) is 5.40. The summed E-state index contributed by atoms with van der Waals surface area (Å²) in [6.45, 7) is 8.08. The summed E-state index contributed by atoms with van der Waals surface area (Å²) in [6.07, 6.45) is 8.39. The molecule has 8 nitrogen and oxygen atoms in total. The lowest BCUT2D eigenvalue weighted by molar-refractivity contribution is -0.104. The number of carbonyl (C=O) groups is 2. The zero-order chi connectivity index (χ0) is 28.9. The molecule has 0 bridgehead atoms. The van der Waals surface area contributed by atoms with E-state index in [0.29, 0.717) is 45.9 Å². The molecule has 0 saturated carbocycles. The summed E-state index contributed by atoms with van der Waals surface area (Å²) in [7, 11) is 5.68. The fourth-order valence-electron chi connectivity index (χ4n) is 4.48. The SMILES string of the molecule is CCC(CCCC1COc2c(Cl)cc(C(=O)NC/C(C=O)=C(/C=C(/C)NC)SC)c(C)c2O1)N(C)CCOC. The molecular formula is C29H44ClN3O5S. The van der Waals surface area contributed by atoms with E-state index < -0.39 is 0 Å². The number of ether oxygens (including phenoxy) is 3. The molecule has 1 aromatic carbocycles. The highest BCUT2D eigenvalue weighted by Crippen LogP contribution is 2.43. The van der Waals surface area contributed by atoms with Crippen molar-refractivity contribution in [2.75, 3.05) is 53.8 Å². The predicted molar refractivity (Wildman–Crippen MR) is 160 cm³/mol. The molecule has 0 saturated heterocycles. The number of likely N-dealkylation sites (N-methyl/N-ethyl adjacent to an activating group) is 1. The maximum Gasteiger partial charge on any atom is 0.252 e. The van der Waals surface area contributed by atoms with Crippen molar-refractivity contribution < 1.29 is 23.8 Å². The highest BCUT2D eigenvalue weighted by Gasteiger charge is 2.28. The van der Waals surface area contributed by atoms with E-state index in [1.807, 2.05) is 33.2 Å². The van der Waals surface area contributed by atoms with Crippen LogP contribution in [0.4, 0.5) is 0 Å². The highest BCUT2D eigenvalue weighted by atomic mass is 35.5. The summed E-state index contributed by atoms with van der Waals surface area (Å²) in [5.74, 6) is 0.650. The summed E-state index contributed by atoms with van der Waals surface area (Å²) < 4.78 is 17.5. The number of benzene rings is 1. The lowest BCUT2D eigenvalue weighted by Gasteiger charge is -2.30. The third-order valence-corrected chi connectivity index (χ3v) is 8.15. The van der Waals surface area contributed by atoms with Crippen LogP contribution < -0.4 is 20.1 Å².